The molecule has 2 aromatic rings. The molecule has 1 N–H and O–H groups in total. The van der Waals surface area contributed by atoms with Crippen molar-refractivity contribution in [1.82, 2.24) is 15.1 Å². The highest BCUT2D eigenvalue weighted by Crippen LogP contribution is 2.30. The van der Waals surface area contributed by atoms with E-state index in [2.05, 4.69) is 40.2 Å². The summed E-state index contributed by atoms with van der Waals surface area (Å²) in [6, 6.07) is 2.03. The topological polar surface area (TPSA) is 43.0 Å². The van der Waals surface area contributed by atoms with Crippen LogP contribution in [0.1, 0.15) is 36.8 Å². The fourth-order valence-electron chi connectivity index (χ4n) is 2.33. The molecule has 0 aliphatic rings. The largest absolute Gasteiger partial charge is 0.453 e. The molecule has 0 radical (unpaired) electrons. The predicted molar refractivity (Wildman–Crippen MR) is 84.1 cm³/mol. The van der Waals surface area contributed by atoms with Gasteiger partial charge in [-0.3, -0.25) is 4.68 Å². The van der Waals surface area contributed by atoms with Crippen LogP contribution in [0.25, 0.3) is 0 Å². The Balaban J connectivity index is 2.29. The molecule has 0 bridgehead atoms. The lowest BCUT2D eigenvalue weighted by molar-refractivity contribution is 0.512. The highest BCUT2D eigenvalue weighted by molar-refractivity contribution is 9.10. The van der Waals surface area contributed by atoms with E-state index >= 15 is 0 Å². The molecule has 0 saturated carbocycles. The van der Waals surface area contributed by atoms with Crippen LogP contribution in [0.15, 0.2) is 21.2 Å². The van der Waals surface area contributed by atoms with E-state index in [9.17, 15) is 0 Å². The Kier molecular flexibility index (Phi) is 5.29. The molecule has 0 fully saturated rings. The zero-order chi connectivity index (χ0) is 14.7. The van der Waals surface area contributed by atoms with Crippen LogP contribution in [0.3, 0.4) is 0 Å². The zero-order valence-electron chi connectivity index (χ0n) is 11.9. The maximum absolute atomic E-state index is 6.11. The quantitative estimate of drug-likeness (QED) is 0.850. The van der Waals surface area contributed by atoms with Crippen molar-refractivity contribution in [3.8, 4) is 0 Å². The SMILES string of the molecule is CCNC(Cc1c(Br)c(CC)nn1C)c1ccoc1Cl. The average molecular weight is 361 g/mol. The van der Waals surface area contributed by atoms with E-state index in [1.54, 1.807) is 6.26 Å². The minimum absolute atomic E-state index is 0.114. The van der Waals surface area contributed by atoms with Gasteiger partial charge < -0.3 is 9.73 Å². The summed E-state index contributed by atoms with van der Waals surface area (Å²) < 4.78 is 8.23. The number of nitrogens with one attached hydrogen (secondary N) is 1. The molecular weight excluding hydrogens is 342 g/mol. The van der Waals surface area contributed by atoms with Crippen LogP contribution in [0.4, 0.5) is 0 Å². The summed E-state index contributed by atoms with van der Waals surface area (Å²) in [6.07, 6.45) is 3.34. The average Bonchev–Trinajstić information content (AvgIpc) is 2.96. The van der Waals surface area contributed by atoms with Gasteiger partial charge in [0.15, 0.2) is 5.22 Å². The van der Waals surface area contributed by atoms with Gasteiger partial charge in [-0.15, -0.1) is 0 Å². The zero-order valence-corrected chi connectivity index (χ0v) is 14.3. The number of aromatic nitrogens is 2. The molecule has 2 aromatic heterocycles. The Morgan fingerprint density at radius 2 is 2.25 bits per heavy atom. The van der Waals surface area contributed by atoms with Crippen LogP contribution >= 0.6 is 27.5 Å². The van der Waals surface area contributed by atoms with Gasteiger partial charge >= 0.3 is 0 Å². The molecule has 4 nitrogen and oxygen atoms in total. The molecule has 6 heteroatoms. The Bertz CT molecular complexity index is 579. The molecule has 110 valence electrons. The van der Waals surface area contributed by atoms with Crippen LogP contribution in [0, 0.1) is 0 Å². The van der Waals surface area contributed by atoms with Crippen molar-refractivity contribution in [1.29, 1.82) is 0 Å². The lowest BCUT2D eigenvalue weighted by Crippen LogP contribution is -2.23. The summed E-state index contributed by atoms with van der Waals surface area (Å²) in [7, 11) is 1.97. The third-order valence-corrected chi connectivity index (χ3v) is 4.60. The van der Waals surface area contributed by atoms with Crippen LogP contribution in [-0.2, 0) is 19.9 Å². The van der Waals surface area contributed by atoms with Crippen LogP contribution in [0.2, 0.25) is 5.22 Å². The molecule has 0 aliphatic carbocycles. The molecular formula is C14H19BrClN3O. The maximum Gasteiger partial charge on any atom is 0.197 e. The monoisotopic (exact) mass is 359 g/mol. The van der Waals surface area contributed by atoms with Gasteiger partial charge in [-0.25, -0.2) is 0 Å². The van der Waals surface area contributed by atoms with E-state index in [0.717, 1.165) is 40.8 Å². The van der Waals surface area contributed by atoms with E-state index in [0.29, 0.717) is 5.22 Å². The summed E-state index contributed by atoms with van der Waals surface area (Å²) >= 11 is 9.76. The first-order valence-corrected chi connectivity index (χ1v) is 7.92. The molecule has 0 saturated heterocycles. The van der Waals surface area contributed by atoms with Gasteiger partial charge in [0.25, 0.3) is 0 Å². The van der Waals surface area contributed by atoms with Gasteiger partial charge in [0.2, 0.25) is 0 Å². The van der Waals surface area contributed by atoms with Gasteiger partial charge in [-0.05, 0) is 46.6 Å². The van der Waals surface area contributed by atoms with Crippen LogP contribution in [0.5, 0.6) is 0 Å². The Labute approximate surface area is 132 Å². The molecule has 1 unspecified atom stereocenters. The lowest BCUT2D eigenvalue weighted by atomic mass is 10.0. The normalized spacial score (nSPS) is 12.8. The van der Waals surface area contributed by atoms with Gasteiger partial charge in [-0.2, -0.15) is 5.10 Å². The van der Waals surface area contributed by atoms with Crippen molar-refractivity contribution in [2.24, 2.45) is 7.05 Å². The highest BCUT2D eigenvalue weighted by Gasteiger charge is 2.21. The van der Waals surface area contributed by atoms with Crippen molar-refractivity contribution in [2.75, 3.05) is 6.54 Å². The van der Waals surface area contributed by atoms with Gasteiger partial charge in [0, 0.05) is 25.1 Å². The van der Waals surface area contributed by atoms with E-state index in [1.165, 1.54) is 0 Å². The van der Waals surface area contributed by atoms with Gasteiger partial charge in [-0.1, -0.05) is 13.8 Å². The molecule has 1 atom stereocenters. The Morgan fingerprint density at radius 1 is 1.50 bits per heavy atom. The van der Waals surface area contributed by atoms with E-state index in [4.69, 9.17) is 16.0 Å². The number of rotatable bonds is 6. The smallest absolute Gasteiger partial charge is 0.197 e. The molecule has 2 rings (SSSR count). The van der Waals surface area contributed by atoms with Crippen molar-refractivity contribution >= 4 is 27.5 Å². The fourth-order valence-corrected chi connectivity index (χ4v) is 3.35. The standard InChI is InChI=1S/C14H19BrClN3O/c1-4-10-13(15)12(19(3)18-10)8-11(17-5-2)9-6-7-20-14(9)16/h6-7,11,17H,4-5,8H2,1-3H3. The highest BCUT2D eigenvalue weighted by atomic mass is 79.9. The second-order valence-electron chi connectivity index (χ2n) is 4.65. The Hall–Kier alpha value is -0.780. The first-order valence-electron chi connectivity index (χ1n) is 6.74. The minimum Gasteiger partial charge on any atom is -0.453 e. The van der Waals surface area contributed by atoms with E-state index < -0.39 is 0 Å². The first kappa shape index (κ1) is 15.6. The number of hydrogen-bond donors (Lipinski definition) is 1. The number of aryl methyl sites for hydroxylation is 2. The number of furan rings is 1. The van der Waals surface area contributed by atoms with Crippen LogP contribution in [-0.4, -0.2) is 16.3 Å². The minimum atomic E-state index is 0.114. The second kappa shape index (κ2) is 6.78. The molecule has 0 aromatic carbocycles. The molecule has 0 aliphatic heterocycles. The van der Waals surface area contributed by atoms with Gasteiger partial charge in [0.05, 0.1) is 22.1 Å². The predicted octanol–water partition coefficient (Wildman–Crippen LogP) is 3.88. The lowest BCUT2D eigenvalue weighted by Gasteiger charge is -2.17. The first-order chi connectivity index (χ1) is 9.58. The van der Waals surface area contributed by atoms with Gasteiger partial charge in [0.1, 0.15) is 0 Å². The molecule has 2 heterocycles. The number of nitrogens with zero attached hydrogens (tertiary/aromatic N) is 2. The van der Waals surface area contributed by atoms with Crippen LogP contribution < -0.4 is 5.32 Å². The van der Waals surface area contributed by atoms with E-state index in [-0.39, 0.29) is 6.04 Å². The van der Waals surface area contributed by atoms with Crippen molar-refractivity contribution in [2.45, 2.75) is 32.7 Å². The second-order valence-corrected chi connectivity index (χ2v) is 5.78. The third kappa shape index (κ3) is 3.10. The third-order valence-electron chi connectivity index (χ3n) is 3.37. The fraction of sp³-hybridized carbons (Fsp3) is 0.500. The van der Waals surface area contributed by atoms with Crippen molar-refractivity contribution in [3.63, 3.8) is 0 Å². The summed E-state index contributed by atoms with van der Waals surface area (Å²) in [5.74, 6) is 0. The molecule has 0 amide bonds. The molecule has 0 spiro atoms. The summed E-state index contributed by atoms with van der Waals surface area (Å²) in [5, 5.41) is 8.43. The molecule has 20 heavy (non-hydrogen) atoms. The summed E-state index contributed by atoms with van der Waals surface area (Å²) in [5.41, 5.74) is 3.22. The number of halogens is 2. The Morgan fingerprint density at radius 3 is 2.75 bits per heavy atom. The maximum atomic E-state index is 6.11. The van der Waals surface area contributed by atoms with E-state index in [1.807, 2.05) is 17.8 Å². The van der Waals surface area contributed by atoms with Crippen molar-refractivity contribution in [3.05, 3.63) is 39.0 Å². The summed E-state index contributed by atoms with van der Waals surface area (Å²) in [6.45, 7) is 5.05. The number of likely N-dealkylation sites (N-methyl/N-ethyl adjacent to an activating group) is 1. The number of hydrogen-bond acceptors (Lipinski definition) is 3. The summed E-state index contributed by atoms with van der Waals surface area (Å²) in [4.78, 5) is 0. The van der Waals surface area contributed by atoms with Crippen molar-refractivity contribution < 1.29 is 4.42 Å².